The first kappa shape index (κ1) is 16.0. The van der Waals surface area contributed by atoms with Gasteiger partial charge in [-0.2, -0.15) is 0 Å². The van der Waals surface area contributed by atoms with Crippen molar-refractivity contribution in [2.45, 2.75) is 19.8 Å². The van der Waals surface area contributed by atoms with Crippen molar-refractivity contribution in [3.05, 3.63) is 39.7 Å². The van der Waals surface area contributed by atoms with Crippen molar-refractivity contribution in [1.29, 1.82) is 0 Å². The number of carbonyl (C=O) groups is 1. The Balaban J connectivity index is 2.10. The summed E-state index contributed by atoms with van der Waals surface area (Å²) < 4.78 is 1.45. The molecule has 2 aromatic rings. The fourth-order valence-electron chi connectivity index (χ4n) is 3.23. The van der Waals surface area contributed by atoms with Gasteiger partial charge >= 0.3 is 5.97 Å². The van der Waals surface area contributed by atoms with E-state index in [1.54, 1.807) is 26.1 Å². The van der Waals surface area contributed by atoms with Crippen molar-refractivity contribution in [3.63, 3.8) is 0 Å². The number of hydrogen-bond donors (Lipinski definition) is 1. The highest BCUT2D eigenvalue weighted by atomic mass is 16.6. The summed E-state index contributed by atoms with van der Waals surface area (Å²) in [6.07, 6.45) is 2.05. The Bertz CT molecular complexity index is 822. The summed E-state index contributed by atoms with van der Waals surface area (Å²) in [5, 5.41) is 20.7. The van der Waals surface area contributed by atoms with Gasteiger partial charge in [-0.05, 0) is 31.9 Å². The maximum atomic E-state index is 11.5. The number of anilines is 1. The first-order valence-electron chi connectivity index (χ1n) is 7.70. The molecule has 1 N–H and O–H groups in total. The van der Waals surface area contributed by atoms with E-state index in [1.807, 2.05) is 4.90 Å². The number of carboxylic acid groups (broad SMARTS) is 1. The molecule has 1 aromatic carbocycles. The van der Waals surface area contributed by atoms with Crippen LogP contribution in [0.2, 0.25) is 0 Å². The second-order valence-corrected chi connectivity index (χ2v) is 5.89. The molecule has 0 unspecified atom stereocenters. The molecule has 8 nitrogen and oxygen atoms in total. The number of hydrogen-bond acceptors (Lipinski definition) is 5. The van der Waals surface area contributed by atoms with Crippen molar-refractivity contribution in [1.82, 2.24) is 9.55 Å². The van der Waals surface area contributed by atoms with Gasteiger partial charge in [-0.15, -0.1) is 0 Å². The predicted octanol–water partition coefficient (Wildman–Crippen LogP) is 2.60. The quantitative estimate of drug-likeness (QED) is 0.683. The smallest absolute Gasteiger partial charge is 0.354 e. The monoisotopic (exact) mass is 330 g/mol. The summed E-state index contributed by atoms with van der Waals surface area (Å²) >= 11 is 0. The van der Waals surface area contributed by atoms with Crippen LogP contribution in [-0.2, 0) is 7.05 Å². The average Bonchev–Trinajstić information content (AvgIpc) is 3.14. The number of nitro benzene ring substituents is 1. The summed E-state index contributed by atoms with van der Waals surface area (Å²) in [6.45, 7) is 3.23. The van der Waals surface area contributed by atoms with Crippen molar-refractivity contribution in [3.8, 4) is 11.4 Å². The number of aryl methyl sites for hydroxylation is 1. The van der Waals surface area contributed by atoms with Crippen LogP contribution < -0.4 is 4.90 Å². The number of carboxylic acids is 1. The van der Waals surface area contributed by atoms with Gasteiger partial charge in [0.2, 0.25) is 0 Å². The van der Waals surface area contributed by atoms with Crippen molar-refractivity contribution in [2.24, 2.45) is 7.05 Å². The fourth-order valence-corrected chi connectivity index (χ4v) is 3.23. The number of aromatic nitrogens is 2. The molecule has 0 radical (unpaired) electrons. The first-order chi connectivity index (χ1) is 11.4. The van der Waals surface area contributed by atoms with Crippen LogP contribution in [0.4, 0.5) is 11.4 Å². The second-order valence-electron chi connectivity index (χ2n) is 5.89. The molecule has 24 heavy (non-hydrogen) atoms. The number of rotatable bonds is 4. The molecule has 0 bridgehead atoms. The number of aromatic carboxylic acids is 1. The zero-order chi connectivity index (χ0) is 17.4. The second kappa shape index (κ2) is 5.95. The molecule has 0 aliphatic carbocycles. The molecule has 0 amide bonds. The van der Waals surface area contributed by atoms with E-state index in [9.17, 15) is 20.0 Å². The average molecular weight is 330 g/mol. The molecule has 8 heteroatoms. The lowest BCUT2D eigenvalue weighted by molar-refractivity contribution is -0.384. The Morgan fingerprint density at radius 1 is 1.33 bits per heavy atom. The fraction of sp³-hybridized carbons (Fsp3) is 0.375. The summed E-state index contributed by atoms with van der Waals surface area (Å²) in [5.74, 6) is -0.669. The summed E-state index contributed by atoms with van der Waals surface area (Å²) in [6, 6.07) is 4.96. The number of benzene rings is 1. The lowest BCUT2D eigenvalue weighted by Crippen LogP contribution is -2.18. The third-order valence-corrected chi connectivity index (χ3v) is 4.35. The summed E-state index contributed by atoms with van der Waals surface area (Å²) in [4.78, 5) is 28.7. The highest BCUT2D eigenvalue weighted by Crippen LogP contribution is 2.34. The minimum Gasteiger partial charge on any atom is -0.477 e. The zero-order valence-electron chi connectivity index (χ0n) is 13.5. The predicted molar refractivity (Wildman–Crippen MR) is 88.4 cm³/mol. The van der Waals surface area contributed by atoms with Crippen LogP contribution in [0.1, 0.15) is 29.0 Å². The number of nitro groups is 1. The molecule has 0 atom stereocenters. The molecule has 0 saturated carbocycles. The lowest BCUT2D eigenvalue weighted by Gasteiger charge is -2.17. The summed E-state index contributed by atoms with van der Waals surface area (Å²) in [5.41, 5.74) is 1.61. The molecule has 1 aliphatic heterocycles. The molecule has 2 heterocycles. The molecule has 3 rings (SSSR count). The molecule has 0 spiro atoms. The Labute approximate surface area is 138 Å². The van der Waals surface area contributed by atoms with Crippen molar-refractivity contribution >= 4 is 17.3 Å². The van der Waals surface area contributed by atoms with Gasteiger partial charge in [0.1, 0.15) is 17.2 Å². The van der Waals surface area contributed by atoms with E-state index < -0.39 is 10.9 Å². The van der Waals surface area contributed by atoms with E-state index in [4.69, 9.17) is 0 Å². The molecule has 1 aromatic heterocycles. The van der Waals surface area contributed by atoms with Gasteiger partial charge in [0, 0.05) is 31.8 Å². The Morgan fingerprint density at radius 3 is 2.54 bits per heavy atom. The van der Waals surface area contributed by atoms with Gasteiger partial charge in [0.05, 0.1) is 10.6 Å². The van der Waals surface area contributed by atoms with Gasteiger partial charge in [0.15, 0.2) is 0 Å². The molecule has 126 valence electrons. The van der Waals surface area contributed by atoms with E-state index in [0.717, 1.165) is 25.9 Å². The van der Waals surface area contributed by atoms with Gasteiger partial charge in [-0.3, -0.25) is 10.1 Å². The Kier molecular flexibility index (Phi) is 3.96. The zero-order valence-corrected chi connectivity index (χ0v) is 13.5. The SMILES string of the molecule is Cc1nc(-c2ccc(N3CCCC3)c([N+](=O)[O-])c2)n(C)c1C(=O)O. The van der Waals surface area contributed by atoms with Crippen LogP contribution in [0, 0.1) is 17.0 Å². The van der Waals surface area contributed by atoms with Crippen LogP contribution in [-0.4, -0.2) is 38.6 Å². The molecular weight excluding hydrogens is 312 g/mol. The van der Waals surface area contributed by atoms with Crippen LogP contribution in [0.15, 0.2) is 18.2 Å². The number of nitrogens with zero attached hydrogens (tertiary/aromatic N) is 4. The molecule has 1 aliphatic rings. The topological polar surface area (TPSA) is 101 Å². The van der Waals surface area contributed by atoms with E-state index in [2.05, 4.69) is 4.98 Å². The van der Waals surface area contributed by atoms with Crippen molar-refractivity contribution < 1.29 is 14.8 Å². The molecular formula is C16H18N4O4. The van der Waals surface area contributed by atoms with Crippen molar-refractivity contribution in [2.75, 3.05) is 18.0 Å². The van der Waals surface area contributed by atoms with E-state index in [0.29, 0.717) is 22.8 Å². The standard InChI is InChI=1S/C16H18N4O4/c1-10-14(16(21)22)18(2)15(17-10)11-5-6-12(13(9-11)20(23)24)19-7-3-4-8-19/h5-6,9H,3-4,7-8H2,1-2H3,(H,21,22). The van der Waals surface area contributed by atoms with E-state index in [1.165, 1.54) is 10.6 Å². The number of imidazole rings is 1. The van der Waals surface area contributed by atoms with Gasteiger partial charge in [-0.1, -0.05) is 0 Å². The minimum absolute atomic E-state index is 0.0203. The maximum Gasteiger partial charge on any atom is 0.354 e. The Hall–Kier alpha value is -2.90. The van der Waals surface area contributed by atoms with E-state index >= 15 is 0 Å². The highest BCUT2D eigenvalue weighted by Gasteiger charge is 2.25. The summed E-state index contributed by atoms with van der Waals surface area (Å²) in [7, 11) is 1.60. The minimum atomic E-state index is -1.07. The normalized spacial score (nSPS) is 14.2. The molecule has 1 fully saturated rings. The van der Waals surface area contributed by atoms with Crippen LogP contribution >= 0.6 is 0 Å². The third-order valence-electron chi connectivity index (χ3n) is 4.35. The van der Waals surface area contributed by atoms with Gasteiger partial charge in [0.25, 0.3) is 5.69 Å². The van der Waals surface area contributed by atoms with Crippen LogP contribution in [0.5, 0.6) is 0 Å². The highest BCUT2D eigenvalue weighted by molar-refractivity contribution is 5.88. The first-order valence-corrected chi connectivity index (χ1v) is 7.70. The van der Waals surface area contributed by atoms with Crippen LogP contribution in [0.3, 0.4) is 0 Å². The largest absolute Gasteiger partial charge is 0.477 e. The third kappa shape index (κ3) is 2.60. The van der Waals surface area contributed by atoms with Crippen LogP contribution in [0.25, 0.3) is 11.4 Å². The van der Waals surface area contributed by atoms with Gasteiger partial charge in [-0.25, -0.2) is 9.78 Å². The van der Waals surface area contributed by atoms with Gasteiger partial charge < -0.3 is 14.6 Å². The van der Waals surface area contributed by atoms with E-state index in [-0.39, 0.29) is 11.4 Å². The lowest BCUT2D eigenvalue weighted by atomic mass is 10.1. The maximum absolute atomic E-state index is 11.5. The Morgan fingerprint density at radius 2 is 2.00 bits per heavy atom. The molecule has 1 saturated heterocycles.